The van der Waals surface area contributed by atoms with Crippen LogP contribution in [0.4, 0.5) is 0 Å². The zero-order chi connectivity index (χ0) is 17.4. The average Bonchev–Trinajstić information content (AvgIpc) is 3.03. The molecule has 1 heterocycles. The Kier molecular flexibility index (Phi) is 3.73. The molecule has 0 bridgehead atoms. The molecular weight excluding hydrogens is 306 g/mol. The molecule has 1 aromatic heterocycles. The second-order valence-corrected chi connectivity index (χ2v) is 6.47. The molecule has 4 aromatic rings. The second kappa shape index (κ2) is 6.06. The van der Waals surface area contributed by atoms with Crippen molar-refractivity contribution in [3.8, 4) is 11.1 Å². The van der Waals surface area contributed by atoms with E-state index in [2.05, 4.69) is 24.3 Å². The molecule has 122 valence electrons. The molecule has 2 nitrogen and oxygen atoms in total. The maximum atomic E-state index is 13.1. The van der Waals surface area contributed by atoms with Gasteiger partial charge in [-0.1, -0.05) is 72.3 Å². The maximum Gasteiger partial charge on any atom is 0.195 e. The van der Waals surface area contributed by atoms with E-state index >= 15 is 0 Å². The first-order valence-electron chi connectivity index (χ1n) is 8.39. The van der Waals surface area contributed by atoms with Gasteiger partial charge in [-0.25, -0.2) is 0 Å². The molecule has 25 heavy (non-hydrogen) atoms. The van der Waals surface area contributed by atoms with Gasteiger partial charge in [-0.05, 0) is 23.3 Å². The van der Waals surface area contributed by atoms with E-state index in [1.165, 1.54) is 5.39 Å². The summed E-state index contributed by atoms with van der Waals surface area (Å²) in [6, 6.07) is 22.3. The third-order valence-electron chi connectivity index (χ3n) is 4.59. The van der Waals surface area contributed by atoms with Gasteiger partial charge >= 0.3 is 0 Å². The summed E-state index contributed by atoms with van der Waals surface area (Å²) < 4.78 is 1.96. The lowest BCUT2D eigenvalue weighted by Crippen LogP contribution is -2.01. The summed E-state index contributed by atoms with van der Waals surface area (Å²) in [6.45, 7) is 2.03. The van der Waals surface area contributed by atoms with Crippen molar-refractivity contribution in [2.45, 2.75) is 6.92 Å². The SMILES string of the molecule is Cc1ccc(C(=O)c2cn(C)cc2-c2cccc3ccccc23)cc1. The Morgan fingerprint density at radius 1 is 0.800 bits per heavy atom. The van der Waals surface area contributed by atoms with Crippen LogP contribution in [0.3, 0.4) is 0 Å². The summed E-state index contributed by atoms with van der Waals surface area (Å²) in [7, 11) is 1.96. The Labute approximate surface area is 147 Å². The van der Waals surface area contributed by atoms with Gasteiger partial charge < -0.3 is 4.57 Å². The van der Waals surface area contributed by atoms with Gasteiger partial charge in [-0.15, -0.1) is 0 Å². The molecule has 0 N–H and O–H groups in total. The molecule has 0 atom stereocenters. The number of carbonyl (C=O) groups excluding carboxylic acids is 1. The molecule has 0 fully saturated rings. The van der Waals surface area contributed by atoms with Crippen LogP contribution in [-0.4, -0.2) is 10.4 Å². The van der Waals surface area contributed by atoms with E-state index in [9.17, 15) is 4.79 Å². The van der Waals surface area contributed by atoms with Crippen LogP contribution in [-0.2, 0) is 7.05 Å². The molecule has 0 saturated heterocycles. The highest BCUT2D eigenvalue weighted by Gasteiger charge is 2.18. The first-order valence-corrected chi connectivity index (χ1v) is 8.39. The van der Waals surface area contributed by atoms with Crippen molar-refractivity contribution >= 4 is 16.6 Å². The number of aryl methyl sites for hydroxylation is 2. The maximum absolute atomic E-state index is 13.1. The van der Waals surface area contributed by atoms with Gasteiger partial charge in [-0.2, -0.15) is 0 Å². The Bertz CT molecular complexity index is 1070. The molecule has 0 aliphatic heterocycles. The molecule has 0 aliphatic rings. The Balaban J connectivity index is 1.89. The number of ketones is 1. The van der Waals surface area contributed by atoms with Gasteiger partial charge in [0.05, 0.1) is 0 Å². The standard InChI is InChI=1S/C23H19NO/c1-16-10-12-18(13-11-16)23(25)22-15-24(2)14-21(22)20-9-5-7-17-6-3-4-8-19(17)20/h3-15H,1-2H3. The van der Waals surface area contributed by atoms with E-state index in [0.717, 1.165) is 33.2 Å². The van der Waals surface area contributed by atoms with E-state index < -0.39 is 0 Å². The number of nitrogens with zero attached hydrogens (tertiary/aromatic N) is 1. The zero-order valence-corrected chi connectivity index (χ0v) is 14.4. The minimum Gasteiger partial charge on any atom is -0.356 e. The number of carbonyl (C=O) groups is 1. The first-order chi connectivity index (χ1) is 12.1. The van der Waals surface area contributed by atoms with E-state index in [1.54, 1.807) is 0 Å². The largest absolute Gasteiger partial charge is 0.356 e. The van der Waals surface area contributed by atoms with Gasteiger partial charge in [0.15, 0.2) is 5.78 Å². The van der Waals surface area contributed by atoms with Crippen molar-refractivity contribution in [3.63, 3.8) is 0 Å². The van der Waals surface area contributed by atoms with Crippen LogP contribution in [0, 0.1) is 6.92 Å². The molecule has 0 saturated carbocycles. The highest BCUT2D eigenvalue weighted by molar-refractivity contribution is 6.14. The smallest absolute Gasteiger partial charge is 0.195 e. The van der Waals surface area contributed by atoms with Crippen LogP contribution in [0.2, 0.25) is 0 Å². The second-order valence-electron chi connectivity index (χ2n) is 6.47. The lowest BCUT2D eigenvalue weighted by molar-refractivity contribution is 0.103. The summed E-state index contributed by atoms with van der Waals surface area (Å²) in [5.74, 6) is 0.0588. The lowest BCUT2D eigenvalue weighted by Gasteiger charge is -2.08. The normalized spacial score (nSPS) is 11.0. The molecule has 2 heteroatoms. The Morgan fingerprint density at radius 3 is 2.32 bits per heavy atom. The van der Waals surface area contributed by atoms with E-state index in [-0.39, 0.29) is 5.78 Å². The molecule has 0 amide bonds. The van der Waals surface area contributed by atoms with Gasteiger partial charge in [-0.3, -0.25) is 4.79 Å². The third-order valence-corrected chi connectivity index (χ3v) is 4.59. The predicted molar refractivity (Wildman–Crippen MR) is 103 cm³/mol. The summed E-state index contributed by atoms with van der Waals surface area (Å²) >= 11 is 0. The highest BCUT2D eigenvalue weighted by Crippen LogP contribution is 2.32. The van der Waals surface area contributed by atoms with Gasteiger partial charge in [0, 0.05) is 36.1 Å². The van der Waals surface area contributed by atoms with Crippen LogP contribution in [0.15, 0.2) is 79.1 Å². The van der Waals surface area contributed by atoms with Crippen molar-refractivity contribution in [3.05, 3.63) is 95.8 Å². The van der Waals surface area contributed by atoms with Crippen molar-refractivity contribution < 1.29 is 4.79 Å². The number of hydrogen-bond acceptors (Lipinski definition) is 1. The van der Waals surface area contributed by atoms with E-state index in [4.69, 9.17) is 0 Å². The van der Waals surface area contributed by atoms with E-state index in [0.29, 0.717) is 0 Å². The fourth-order valence-electron chi connectivity index (χ4n) is 3.30. The molecule has 0 spiro atoms. The number of hydrogen-bond donors (Lipinski definition) is 0. The monoisotopic (exact) mass is 325 g/mol. The summed E-state index contributed by atoms with van der Waals surface area (Å²) in [5, 5.41) is 2.34. The number of benzene rings is 3. The molecule has 0 radical (unpaired) electrons. The van der Waals surface area contributed by atoms with Crippen LogP contribution in [0.1, 0.15) is 21.5 Å². The average molecular weight is 325 g/mol. The van der Waals surface area contributed by atoms with Crippen LogP contribution in [0.5, 0.6) is 0 Å². The molecule has 0 aliphatic carbocycles. The lowest BCUT2D eigenvalue weighted by atomic mass is 9.94. The highest BCUT2D eigenvalue weighted by atomic mass is 16.1. The zero-order valence-electron chi connectivity index (χ0n) is 14.4. The Hall–Kier alpha value is -3.13. The predicted octanol–water partition coefficient (Wildman–Crippen LogP) is 5.38. The quantitative estimate of drug-likeness (QED) is 0.463. The summed E-state index contributed by atoms with van der Waals surface area (Å²) in [4.78, 5) is 13.1. The molecule has 3 aromatic carbocycles. The third kappa shape index (κ3) is 2.76. The summed E-state index contributed by atoms with van der Waals surface area (Å²) in [6.07, 6.45) is 3.95. The van der Waals surface area contributed by atoms with Crippen LogP contribution in [0.25, 0.3) is 21.9 Å². The van der Waals surface area contributed by atoms with Crippen LogP contribution < -0.4 is 0 Å². The molecular formula is C23H19NO. The van der Waals surface area contributed by atoms with Crippen molar-refractivity contribution in [2.75, 3.05) is 0 Å². The van der Waals surface area contributed by atoms with E-state index in [1.807, 2.05) is 73.4 Å². The van der Waals surface area contributed by atoms with Gasteiger partial charge in [0.2, 0.25) is 0 Å². The van der Waals surface area contributed by atoms with Crippen molar-refractivity contribution in [1.29, 1.82) is 0 Å². The minimum atomic E-state index is 0.0588. The summed E-state index contributed by atoms with van der Waals surface area (Å²) in [5.41, 5.74) is 4.68. The number of fused-ring (bicyclic) bond motifs is 1. The molecule has 0 unspecified atom stereocenters. The Morgan fingerprint density at radius 2 is 1.52 bits per heavy atom. The van der Waals surface area contributed by atoms with Crippen molar-refractivity contribution in [2.24, 2.45) is 7.05 Å². The number of rotatable bonds is 3. The van der Waals surface area contributed by atoms with Crippen molar-refractivity contribution in [1.82, 2.24) is 4.57 Å². The first kappa shape index (κ1) is 15.4. The van der Waals surface area contributed by atoms with Crippen LogP contribution >= 0.6 is 0 Å². The number of aromatic nitrogens is 1. The molecule has 4 rings (SSSR count). The minimum absolute atomic E-state index is 0.0588. The van der Waals surface area contributed by atoms with Gasteiger partial charge in [0.25, 0.3) is 0 Å². The fourth-order valence-corrected chi connectivity index (χ4v) is 3.30. The topological polar surface area (TPSA) is 22.0 Å². The fraction of sp³-hybridized carbons (Fsp3) is 0.0870. The van der Waals surface area contributed by atoms with Gasteiger partial charge in [0.1, 0.15) is 0 Å².